The van der Waals surface area contributed by atoms with Crippen LogP contribution in [-0.2, 0) is 6.42 Å². The third-order valence-electron chi connectivity index (χ3n) is 5.66. The van der Waals surface area contributed by atoms with Crippen LogP contribution in [0.5, 0.6) is 0 Å². The number of rotatable bonds is 6. The number of hydrogen-bond donors (Lipinski definition) is 1. The van der Waals surface area contributed by atoms with Crippen molar-refractivity contribution in [3.63, 3.8) is 0 Å². The second-order valence-electron chi connectivity index (χ2n) is 7.72. The van der Waals surface area contributed by atoms with Crippen molar-refractivity contribution in [2.24, 2.45) is 0 Å². The summed E-state index contributed by atoms with van der Waals surface area (Å²) in [7, 11) is 0. The third kappa shape index (κ3) is 4.42. The van der Waals surface area contributed by atoms with Gasteiger partial charge in [-0.1, -0.05) is 65.3 Å². The maximum atomic E-state index is 13.1. The summed E-state index contributed by atoms with van der Waals surface area (Å²) in [5, 5.41) is 9.91. The standard InChI is InChI=1S/C25H21ClN4O2S/c1-16-21(24-28-23(29-32-24)20-8-5-15-33-20)22(18-9-11-19(26)12-10-18)27-25(31)30(16)14-13-17-6-3-2-4-7-17/h2-12,15,22H,13-14H2,1H3,(H,27,31). The van der Waals surface area contributed by atoms with Gasteiger partial charge in [0.2, 0.25) is 5.82 Å². The Morgan fingerprint density at radius 1 is 1.09 bits per heavy atom. The van der Waals surface area contributed by atoms with Gasteiger partial charge in [0.25, 0.3) is 5.89 Å². The van der Waals surface area contributed by atoms with Crippen LogP contribution in [0.4, 0.5) is 4.79 Å². The monoisotopic (exact) mass is 476 g/mol. The summed E-state index contributed by atoms with van der Waals surface area (Å²) in [4.78, 5) is 20.5. The number of thiophene rings is 1. The van der Waals surface area contributed by atoms with Gasteiger partial charge >= 0.3 is 6.03 Å². The lowest BCUT2D eigenvalue weighted by atomic mass is 9.94. The van der Waals surface area contributed by atoms with Crippen LogP contribution in [0, 0.1) is 0 Å². The fraction of sp³-hybridized carbons (Fsp3) is 0.160. The fourth-order valence-corrected chi connectivity index (χ4v) is 4.73. The van der Waals surface area contributed by atoms with Crippen molar-refractivity contribution in [3.05, 3.63) is 99.8 Å². The van der Waals surface area contributed by atoms with Crippen molar-refractivity contribution in [2.75, 3.05) is 6.54 Å². The molecular weight excluding hydrogens is 456 g/mol. The van der Waals surface area contributed by atoms with Gasteiger partial charge in [-0.05, 0) is 48.1 Å². The molecule has 166 valence electrons. The van der Waals surface area contributed by atoms with Crippen LogP contribution < -0.4 is 5.32 Å². The molecule has 33 heavy (non-hydrogen) atoms. The molecule has 0 spiro atoms. The summed E-state index contributed by atoms with van der Waals surface area (Å²) in [6.07, 6.45) is 0.731. The molecule has 0 saturated heterocycles. The largest absolute Gasteiger partial charge is 0.334 e. The van der Waals surface area contributed by atoms with Gasteiger partial charge in [0.1, 0.15) is 0 Å². The summed E-state index contributed by atoms with van der Waals surface area (Å²) in [5.41, 5.74) is 3.62. The smallest absolute Gasteiger partial charge is 0.322 e. The quantitative estimate of drug-likeness (QED) is 0.360. The number of carbonyl (C=O) groups excluding carboxylic acids is 1. The highest BCUT2D eigenvalue weighted by Crippen LogP contribution is 2.38. The molecule has 4 aromatic rings. The zero-order chi connectivity index (χ0) is 22.8. The zero-order valence-corrected chi connectivity index (χ0v) is 19.4. The van der Waals surface area contributed by atoms with Gasteiger partial charge in [0, 0.05) is 17.3 Å². The zero-order valence-electron chi connectivity index (χ0n) is 17.9. The fourth-order valence-electron chi connectivity index (χ4n) is 3.96. The van der Waals surface area contributed by atoms with E-state index in [0.717, 1.165) is 33.7 Å². The Hall–Kier alpha value is -3.42. The van der Waals surface area contributed by atoms with Gasteiger partial charge in [-0.3, -0.25) is 4.90 Å². The number of urea groups is 1. The second kappa shape index (κ2) is 9.21. The van der Waals surface area contributed by atoms with E-state index in [-0.39, 0.29) is 6.03 Å². The lowest BCUT2D eigenvalue weighted by molar-refractivity contribution is 0.205. The molecule has 0 bridgehead atoms. The van der Waals surface area contributed by atoms with E-state index in [1.807, 2.05) is 66.9 Å². The minimum atomic E-state index is -0.431. The first-order valence-corrected chi connectivity index (χ1v) is 11.8. The van der Waals surface area contributed by atoms with Gasteiger partial charge in [0.15, 0.2) is 0 Å². The average molecular weight is 477 g/mol. The van der Waals surface area contributed by atoms with E-state index in [1.165, 1.54) is 0 Å². The third-order valence-corrected chi connectivity index (χ3v) is 6.78. The minimum Gasteiger partial charge on any atom is -0.334 e. The Kier molecular flexibility index (Phi) is 5.98. The van der Waals surface area contributed by atoms with Crippen molar-refractivity contribution in [1.29, 1.82) is 0 Å². The maximum absolute atomic E-state index is 13.1. The number of hydrogen-bond acceptors (Lipinski definition) is 5. The van der Waals surface area contributed by atoms with E-state index < -0.39 is 6.04 Å². The number of nitrogens with zero attached hydrogens (tertiary/aromatic N) is 3. The highest BCUT2D eigenvalue weighted by atomic mass is 35.5. The molecule has 0 radical (unpaired) electrons. The van der Waals surface area contributed by atoms with Crippen LogP contribution in [0.1, 0.15) is 30.0 Å². The van der Waals surface area contributed by atoms with Crippen molar-refractivity contribution in [1.82, 2.24) is 20.4 Å². The van der Waals surface area contributed by atoms with E-state index in [0.29, 0.717) is 23.3 Å². The summed E-state index contributed by atoms with van der Waals surface area (Å²) in [5.74, 6) is 0.920. The minimum absolute atomic E-state index is 0.162. The van der Waals surface area contributed by atoms with Gasteiger partial charge < -0.3 is 9.84 Å². The predicted octanol–water partition coefficient (Wildman–Crippen LogP) is 6.19. The molecule has 2 aromatic heterocycles. The number of allylic oxidation sites excluding steroid dienone is 1. The molecule has 6 nitrogen and oxygen atoms in total. The van der Waals surface area contributed by atoms with E-state index in [9.17, 15) is 4.79 Å². The molecular formula is C25H21ClN4O2S. The Bertz CT molecular complexity index is 1280. The van der Waals surface area contributed by atoms with E-state index in [4.69, 9.17) is 16.1 Å². The van der Waals surface area contributed by atoms with Crippen molar-refractivity contribution < 1.29 is 9.32 Å². The number of carbonyl (C=O) groups is 1. The van der Waals surface area contributed by atoms with Crippen LogP contribution in [0.3, 0.4) is 0 Å². The molecule has 2 amide bonds. The first-order chi connectivity index (χ1) is 16.1. The molecule has 5 rings (SSSR count). The molecule has 0 saturated carbocycles. The van der Waals surface area contributed by atoms with Crippen LogP contribution in [0.2, 0.25) is 5.02 Å². The first-order valence-electron chi connectivity index (χ1n) is 10.6. The van der Waals surface area contributed by atoms with Gasteiger partial charge in [0.05, 0.1) is 16.5 Å². The van der Waals surface area contributed by atoms with E-state index in [2.05, 4.69) is 27.6 Å². The predicted molar refractivity (Wildman–Crippen MR) is 130 cm³/mol. The molecule has 1 N–H and O–H groups in total. The van der Waals surface area contributed by atoms with Gasteiger partial charge in [-0.2, -0.15) is 4.98 Å². The van der Waals surface area contributed by atoms with Gasteiger partial charge in [-0.15, -0.1) is 11.3 Å². The number of nitrogens with one attached hydrogen (secondary N) is 1. The summed E-state index contributed by atoms with van der Waals surface area (Å²) in [6, 6.07) is 20.8. The second-order valence-corrected chi connectivity index (χ2v) is 9.10. The Balaban J connectivity index is 1.54. The average Bonchev–Trinajstić information content (AvgIpc) is 3.52. The summed E-state index contributed by atoms with van der Waals surface area (Å²) in [6.45, 7) is 2.46. The number of benzene rings is 2. The molecule has 0 fully saturated rings. The van der Waals surface area contributed by atoms with Crippen molar-refractivity contribution >= 4 is 34.5 Å². The van der Waals surface area contributed by atoms with Crippen molar-refractivity contribution in [3.8, 4) is 10.7 Å². The lowest BCUT2D eigenvalue weighted by Crippen LogP contribution is -2.46. The van der Waals surface area contributed by atoms with E-state index >= 15 is 0 Å². The Labute approximate surface area is 200 Å². The molecule has 1 aliphatic rings. The number of amides is 2. The molecule has 1 atom stereocenters. The van der Waals surface area contributed by atoms with Crippen LogP contribution in [0.15, 0.2) is 82.3 Å². The Morgan fingerprint density at radius 2 is 1.88 bits per heavy atom. The molecule has 3 heterocycles. The highest BCUT2D eigenvalue weighted by Gasteiger charge is 2.35. The number of halogens is 1. The lowest BCUT2D eigenvalue weighted by Gasteiger charge is -2.35. The van der Waals surface area contributed by atoms with Crippen LogP contribution in [0.25, 0.3) is 16.3 Å². The number of aromatic nitrogens is 2. The normalized spacial score (nSPS) is 16.2. The first kappa shape index (κ1) is 21.4. The summed E-state index contributed by atoms with van der Waals surface area (Å²) >= 11 is 7.64. The molecule has 0 aliphatic carbocycles. The SMILES string of the molecule is CC1=C(c2nc(-c3cccs3)no2)C(c2ccc(Cl)cc2)NC(=O)N1CCc1ccccc1. The van der Waals surface area contributed by atoms with Crippen LogP contribution in [-0.4, -0.2) is 27.6 Å². The molecule has 1 aliphatic heterocycles. The molecule has 8 heteroatoms. The maximum Gasteiger partial charge on any atom is 0.322 e. The molecule has 2 aromatic carbocycles. The highest BCUT2D eigenvalue weighted by molar-refractivity contribution is 7.13. The summed E-state index contributed by atoms with van der Waals surface area (Å²) < 4.78 is 5.70. The van der Waals surface area contributed by atoms with Crippen molar-refractivity contribution in [2.45, 2.75) is 19.4 Å². The van der Waals surface area contributed by atoms with E-state index in [1.54, 1.807) is 16.2 Å². The van der Waals surface area contributed by atoms with Gasteiger partial charge in [-0.25, -0.2) is 4.79 Å². The van der Waals surface area contributed by atoms with Crippen LogP contribution >= 0.6 is 22.9 Å². The Morgan fingerprint density at radius 3 is 2.61 bits per heavy atom. The molecule has 1 unspecified atom stereocenters. The topological polar surface area (TPSA) is 71.3 Å².